The Balaban J connectivity index is 1.31. The summed E-state index contributed by atoms with van der Waals surface area (Å²) in [6.07, 6.45) is 11.8. The van der Waals surface area contributed by atoms with Gasteiger partial charge < -0.3 is 20.5 Å². The lowest BCUT2D eigenvalue weighted by Gasteiger charge is -2.42. The second-order valence-electron chi connectivity index (χ2n) is 9.43. The summed E-state index contributed by atoms with van der Waals surface area (Å²) in [6, 6.07) is 6.09. The van der Waals surface area contributed by atoms with Crippen molar-refractivity contribution in [2.75, 3.05) is 25.0 Å². The van der Waals surface area contributed by atoms with E-state index in [4.69, 9.17) is 4.98 Å². The molecule has 1 spiro atoms. The van der Waals surface area contributed by atoms with E-state index in [-0.39, 0.29) is 11.4 Å². The van der Waals surface area contributed by atoms with Crippen molar-refractivity contribution < 1.29 is 4.79 Å². The van der Waals surface area contributed by atoms with Crippen LogP contribution < -0.4 is 16.0 Å². The lowest BCUT2D eigenvalue weighted by molar-refractivity contribution is 0.0833. The Hall–Kier alpha value is -3.00. The minimum absolute atomic E-state index is 0.0242. The van der Waals surface area contributed by atoms with E-state index in [1.165, 1.54) is 24.8 Å². The maximum Gasteiger partial charge on any atom is 0.268 e. The van der Waals surface area contributed by atoms with Gasteiger partial charge in [0.1, 0.15) is 17.2 Å². The van der Waals surface area contributed by atoms with Crippen LogP contribution in [-0.2, 0) is 5.54 Å². The highest BCUT2D eigenvalue weighted by molar-refractivity contribution is 5.99. The Kier molecular flexibility index (Phi) is 4.82. The van der Waals surface area contributed by atoms with E-state index in [2.05, 4.69) is 36.6 Å². The number of aromatic nitrogens is 4. The second-order valence-corrected chi connectivity index (χ2v) is 9.43. The zero-order valence-electron chi connectivity index (χ0n) is 18.2. The third kappa shape index (κ3) is 3.33. The van der Waals surface area contributed by atoms with Crippen LogP contribution in [0.3, 0.4) is 0 Å². The highest BCUT2D eigenvalue weighted by atomic mass is 16.2. The van der Waals surface area contributed by atoms with E-state index in [0.717, 1.165) is 55.6 Å². The highest BCUT2D eigenvalue weighted by Gasteiger charge is 2.41. The van der Waals surface area contributed by atoms with Crippen molar-refractivity contribution in [1.29, 1.82) is 0 Å². The van der Waals surface area contributed by atoms with E-state index >= 15 is 0 Å². The van der Waals surface area contributed by atoms with Crippen LogP contribution in [0.25, 0.3) is 11.0 Å². The lowest BCUT2D eigenvalue weighted by Crippen LogP contribution is -2.52. The van der Waals surface area contributed by atoms with Gasteiger partial charge in [-0.1, -0.05) is 25.3 Å². The summed E-state index contributed by atoms with van der Waals surface area (Å²) in [7, 11) is 0. The van der Waals surface area contributed by atoms with Gasteiger partial charge >= 0.3 is 0 Å². The summed E-state index contributed by atoms with van der Waals surface area (Å²) in [4.78, 5) is 26.6. The maximum atomic E-state index is 12.6. The Bertz CT molecular complexity index is 1140. The number of carbonyl (C=O) groups is 1. The molecule has 0 bridgehead atoms. The Labute approximate surface area is 187 Å². The maximum absolute atomic E-state index is 12.6. The summed E-state index contributed by atoms with van der Waals surface area (Å²) < 4.78 is 2.20. The molecule has 3 aliphatic rings. The van der Waals surface area contributed by atoms with Gasteiger partial charge in [0.25, 0.3) is 5.91 Å². The number of amides is 1. The first kappa shape index (κ1) is 19.7. The lowest BCUT2D eigenvalue weighted by atomic mass is 9.80. The highest BCUT2D eigenvalue weighted by Crippen LogP contribution is 2.40. The van der Waals surface area contributed by atoms with E-state index < -0.39 is 0 Å². The van der Waals surface area contributed by atoms with Gasteiger partial charge in [-0.3, -0.25) is 4.79 Å². The number of nitrogens with one attached hydrogen (secondary N) is 3. The van der Waals surface area contributed by atoms with Crippen LogP contribution in [0.1, 0.15) is 66.9 Å². The van der Waals surface area contributed by atoms with E-state index in [0.29, 0.717) is 24.1 Å². The predicted molar refractivity (Wildman–Crippen MR) is 123 cm³/mol. The SMILES string of the molecule is O=C1NCC2(CCCCC2)n2c1cc1cnc(Nc3ccc(C4CCNCC4)cn3)nc12. The molecule has 1 saturated heterocycles. The molecule has 32 heavy (non-hydrogen) atoms. The van der Waals surface area contributed by atoms with Crippen molar-refractivity contribution in [2.24, 2.45) is 0 Å². The summed E-state index contributed by atoms with van der Waals surface area (Å²) in [5.41, 5.74) is 2.74. The molecule has 8 nitrogen and oxygen atoms in total. The quantitative estimate of drug-likeness (QED) is 0.588. The fourth-order valence-corrected chi connectivity index (χ4v) is 5.71. The Morgan fingerprint density at radius 3 is 2.69 bits per heavy atom. The van der Waals surface area contributed by atoms with Crippen LogP contribution in [-0.4, -0.2) is 45.1 Å². The predicted octanol–water partition coefficient (Wildman–Crippen LogP) is 3.44. The molecule has 0 unspecified atom stereocenters. The number of pyridine rings is 1. The topological polar surface area (TPSA) is 96.8 Å². The van der Waals surface area contributed by atoms with Crippen LogP contribution in [0.4, 0.5) is 11.8 Å². The number of hydrogen-bond donors (Lipinski definition) is 3. The summed E-state index contributed by atoms with van der Waals surface area (Å²) in [5, 5.41) is 10.7. The largest absolute Gasteiger partial charge is 0.348 e. The average molecular weight is 432 g/mol. The van der Waals surface area contributed by atoms with Crippen molar-refractivity contribution in [2.45, 2.75) is 56.4 Å². The smallest absolute Gasteiger partial charge is 0.268 e. The van der Waals surface area contributed by atoms with Gasteiger partial charge in [-0.2, -0.15) is 4.98 Å². The molecule has 0 aromatic carbocycles. The third-order valence-corrected chi connectivity index (χ3v) is 7.45. The molecule has 166 valence electrons. The number of anilines is 2. The van der Waals surface area contributed by atoms with Crippen LogP contribution in [0.5, 0.6) is 0 Å². The Morgan fingerprint density at radius 2 is 1.91 bits per heavy atom. The molecular weight excluding hydrogens is 402 g/mol. The van der Waals surface area contributed by atoms with Crippen molar-refractivity contribution >= 4 is 28.7 Å². The molecule has 2 aliphatic heterocycles. The standard InChI is InChI=1S/C24H29N7O/c32-22-19-12-18-14-27-23(29-20-5-4-17(13-26-20)16-6-10-25-11-7-16)30-21(18)31(19)24(15-28-22)8-2-1-3-9-24/h4-5,12-14,16,25H,1-3,6-11,15H2,(H,28,32)(H,26,27,29,30). The molecule has 3 aromatic heterocycles. The molecule has 1 saturated carbocycles. The zero-order valence-corrected chi connectivity index (χ0v) is 18.2. The van der Waals surface area contributed by atoms with Crippen LogP contribution in [0, 0.1) is 0 Å². The average Bonchev–Trinajstić information content (AvgIpc) is 3.24. The zero-order chi connectivity index (χ0) is 21.5. The molecular formula is C24H29N7O. The van der Waals surface area contributed by atoms with Gasteiger partial charge in [0.2, 0.25) is 5.95 Å². The first-order valence-electron chi connectivity index (χ1n) is 11.8. The van der Waals surface area contributed by atoms with E-state index in [1.54, 1.807) is 0 Å². The molecule has 0 atom stereocenters. The van der Waals surface area contributed by atoms with Crippen molar-refractivity contribution in [3.05, 3.63) is 41.9 Å². The molecule has 3 aromatic rings. The van der Waals surface area contributed by atoms with E-state index in [9.17, 15) is 4.79 Å². The first-order chi connectivity index (χ1) is 15.7. The number of hydrogen-bond acceptors (Lipinski definition) is 6. The number of piperidine rings is 1. The number of nitrogens with zero attached hydrogens (tertiary/aromatic N) is 4. The minimum atomic E-state index is -0.0797. The van der Waals surface area contributed by atoms with Crippen molar-refractivity contribution in [1.82, 2.24) is 30.2 Å². The summed E-state index contributed by atoms with van der Waals surface area (Å²) in [6.45, 7) is 2.81. The molecule has 8 heteroatoms. The summed E-state index contributed by atoms with van der Waals surface area (Å²) >= 11 is 0. The van der Waals surface area contributed by atoms with Crippen LogP contribution in [0.15, 0.2) is 30.6 Å². The van der Waals surface area contributed by atoms with Gasteiger partial charge in [0.15, 0.2) is 0 Å². The molecule has 2 fully saturated rings. The number of rotatable bonds is 3. The molecule has 1 aliphatic carbocycles. The van der Waals surface area contributed by atoms with Crippen LogP contribution >= 0.6 is 0 Å². The first-order valence-corrected chi connectivity index (χ1v) is 11.8. The number of carbonyl (C=O) groups excluding carboxylic acids is 1. The molecule has 1 amide bonds. The van der Waals surface area contributed by atoms with Crippen LogP contribution in [0.2, 0.25) is 0 Å². The fraction of sp³-hybridized carbons (Fsp3) is 0.500. The van der Waals surface area contributed by atoms with Gasteiger partial charge in [-0.25, -0.2) is 9.97 Å². The van der Waals surface area contributed by atoms with Crippen molar-refractivity contribution in [3.8, 4) is 0 Å². The van der Waals surface area contributed by atoms with Gasteiger partial charge in [-0.15, -0.1) is 0 Å². The van der Waals surface area contributed by atoms with Gasteiger partial charge in [0, 0.05) is 24.3 Å². The molecule has 6 rings (SSSR count). The van der Waals surface area contributed by atoms with Gasteiger partial charge in [-0.05, 0) is 62.4 Å². The second kappa shape index (κ2) is 7.85. The van der Waals surface area contributed by atoms with E-state index in [1.807, 2.05) is 24.5 Å². The fourth-order valence-electron chi connectivity index (χ4n) is 5.71. The Morgan fingerprint density at radius 1 is 1.06 bits per heavy atom. The normalized spacial score (nSPS) is 20.8. The molecule has 0 radical (unpaired) electrons. The molecule has 3 N–H and O–H groups in total. The monoisotopic (exact) mass is 431 g/mol. The van der Waals surface area contributed by atoms with Crippen molar-refractivity contribution in [3.63, 3.8) is 0 Å². The third-order valence-electron chi connectivity index (χ3n) is 7.45. The molecule has 5 heterocycles. The minimum Gasteiger partial charge on any atom is -0.348 e. The number of fused-ring (bicyclic) bond motifs is 4. The van der Waals surface area contributed by atoms with Gasteiger partial charge in [0.05, 0.1) is 5.54 Å². The summed E-state index contributed by atoms with van der Waals surface area (Å²) in [5.74, 6) is 1.80.